The summed E-state index contributed by atoms with van der Waals surface area (Å²) >= 11 is 0. The Bertz CT molecular complexity index is 349. The van der Waals surface area contributed by atoms with E-state index in [-0.39, 0.29) is 11.6 Å². The van der Waals surface area contributed by atoms with Gasteiger partial charge in [0.05, 0.1) is 0 Å². The highest BCUT2D eigenvalue weighted by Gasteiger charge is 2.05. The number of hydrogen-bond acceptors (Lipinski definition) is 2. The molecule has 0 unspecified atom stereocenters. The number of hydrogen-bond donors (Lipinski definition) is 1. The van der Waals surface area contributed by atoms with Crippen molar-refractivity contribution in [1.82, 2.24) is 5.32 Å². The summed E-state index contributed by atoms with van der Waals surface area (Å²) in [7, 11) is 1.83. The zero-order valence-electron chi connectivity index (χ0n) is 9.14. The third-order valence-electron chi connectivity index (χ3n) is 2.01. The van der Waals surface area contributed by atoms with Gasteiger partial charge in [-0.3, -0.25) is 0 Å². The number of likely N-dealkylation sites (N-methyl/N-ethyl adjacent to an activating group) is 1. The normalized spacial score (nSPS) is 10.1. The lowest BCUT2D eigenvalue weighted by atomic mass is 10.2. The molecule has 1 rings (SSSR count). The van der Waals surface area contributed by atoms with Crippen molar-refractivity contribution in [2.45, 2.75) is 6.92 Å². The largest absolute Gasteiger partial charge is 0.486 e. The topological polar surface area (TPSA) is 21.3 Å². The molecule has 15 heavy (non-hydrogen) atoms. The van der Waals surface area contributed by atoms with E-state index in [2.05, 4.69) is 11.9 Å². The Balaban J connectivity index is 2.58. The first-order chi connectivity index (χ1) is 7.15. The lowest BCUT2D eigenvalue weighted by molar-refractivity contribution is 0.329. The minimum absolute atomic E-state index is 0.284. The maximum Gasteiger partial charge on any atom is 0.167 e. The fraction of sp³-hybridized carbons (Fsp3) is 0.333. The van der Waals surface area contributed by atoms with Crippen molar-refractivity contribution in [3.63, 3.8) is 0 Å². The Morgan fingerprint density at radius 3 is 2.93 bits per heavy atom. The molecule has 0 saturated heterocycles. The van der Waals surface area contributed by atoms with Crippen LogP contribution in [0.3, 0.4) is 0 Å². The van der Waals surface area contributed by atoms with Crippen molar-refractivity contribution in [3.05, 3.63) is 41.7 Å². The van der Waals surface area contributed by atoms with Crippen LogP contribution in [0.15, 0.2) is 30.4 Å². The Morgan fingerprint density at radius 1 is 1.53 bits per heavy atom. The minimum atomic E-state index is -0.297. The summed E-state index contributed by atoms with van der Waals surface area (Å²) in [5, 5.41) is 2.96. The van der Waals surface area contributed by atoms with Crippen LogP contribution in [0.4, 0.5) is 4.39 Å². The van der Waals surface area contributed by atoms with E-state index < -0.39 is 0 Å². The van der Waals surface area contributed by atoms with E-state index in [1.165, 1.54) is 0 Å². The van der Waals surface area contributed by atoms with Gasteiger partial charge in [-0.25, -0.2) is 4.39 Å². The SMILES string of the molecule is C=C(CNC)COc1cccc(C)c1F. The van der Waals surface area contributed by atoms with Crippen LogP contribution >= 0.6 is 0 Å². The second-order valence-electron chi connectivity index (χ2n) is 3.46. The van der Waals surface area contributed by atoms with Crippen LogP contribution < -0.4 is 10.1 Å². The van der Waals surface area contributed by atoms with E-state index in [1.54, 1.807) is 25.1 Å². The molecule has 1 aromatic carbocycles. The molecule has 0 aliphatic rings. The average molecular weight is 209 g/mol. The molecule has 0 aromatic heterocycles. The summed E-state index contributed by atoms with van der Waals surface area (Å²) in [4.78, 5) is 0. The number of aryl methyl sites for hydroxylation is 1. The quantitative estimate of drug-likeness (QED) is 0.751. The fourth-order valence-electron chi connectivity index (χ4n) is 1.21. The maximum absolute atomic E-state index is 13.5. The summed E-state index contributed by atoms with van der Waals surface area (Å²) in [6, 6.07) is 5.11. The molecule has 0 fully saturated rings. The molecule has 0 bridgehead atoms. The molecule has 0 spiro atoms. The third-order valence-corrected chi connectivity index (χ3v) is 2.01. The van der Waals surface area contributed by atoms with E-state index in [0.717, 1.165) is 5.57 Å². The van der Waals surface area contributed by atoms with E-state index in [4.69, 9.17) is 4.74 Å². The number of halogens is 1. The molecule has 0 saturated carbocycles. The Labute approximate surface area is 89.8 Å². The first-order valence-electron chi connectivity index (χ1n) is 4.84. The highest BCUT2D eigenvalue weighted by Crippen LogP contribution is 2.19. The van der Waals surface area contributed by atoms with Crippen LogP contribution in [0.5, 0.6) is 5.75 Å². The molecule has 0 heterocycles. The zero-order chi connectivity index (χ0) is 11.3. The smallest absolute Gasteiger partial charge is 0.167 e. The van der Waals surface area contributed by atoms with Gasteiger partial charge >= 0.3 is 0 Å². The van der Waals surface area contributed by atoms with Crippen LogP contribution in [0.25, 0.3) is 0 Å². The highest BCUT2D eigenvalue weighted by atomic mass is 19.1. The molecule has 2 nitrogen and oxygen atoms in total. The lowest BCUT2D eigenvalue weighted by Gasteiger charge is -2.09. The monoisotopic (exact) mass is 209 g/mol. The zero-order valence-corrected chi connectivity index (χ0v) is 9.14. The highest BCUT2D eigenvalue weighted by molar-refractivity contribution is 5.30. The predicted octanol–water partition coefficient (Wildman–Crippen LogP) is 2.29. The predicted molar refractivity (Wildman–Crippen MR) is 59.7 cm³/mol. The summed E-state index contributed by atoms with van der Waals surface area (Å²) in [6.45, 7) is 6.52. The van der Waals surface area contributed by atoms with Crippen molar-refractivity contribution in [2.75, 3.05) is 20.2 Å². The number of nitrogens with one attached hydrogen (secondary N) is 1. The first kappa shape index (κ1) is 11.7. The van der Waals surface area contributed by atoms with Gasteiger partial charge in [0.2, 0.25) is 0 Å². The van der Waals surface area contributed by atoms with Crippen molar-refractivity contribution in [1.29, 1.82) is 0 Å². The van der Waals surface area contributed by atoms with Crippen LogP contribution in [-0.4, -0.2) is 20.2 Å². The Kier molecular flexibility index (Phi) is 4.31. The van der Waals surface area contributed by atoms with Crippen LogP contribution in [0.2, 0.25) is 0 Å². The Morgan fingerprint density at radius 2 is 2.27 bits per heavy atom. The number of rotatable bonds is 5. The standard InChI is InChI=1S/C12H16FNO/c1-9(7-14-3)8-15-11-6-4-5-10(2)12(11)13/h4-6,14H,1,7-8H2,2-3H3. The molecule has 0 atom stereocenters. The van der Waals surface area contributed by atoms with E-state index in [0.29, 0.717) is 18.7 Å². The molecule has 0 radical (unpaired) electrons. The van der Waals surface area contributed by atoms with Gasteiger partial charge in [0.25, 0.3) is 0 Å². The summed E-state index contributed by atoms with van der Waals surface area (Å²) < 4.78 is 18.8. The van der Waals surface area contributed by atoms with E-state index in [1.807, 2.05) is 7.05 Å². The average Bonchev–Trinajstić information content (AvgIpc) is 2.21. The molecule has 82 valence electrons. The maximum atomic E-state index is 13.5. The molecule has 1 aromatic rings. The van der Waals surface area contributed by atoms with Crippen LogP contribution in [0.1, 0.15) is 5.56 Å². The summed E-state index contributed by atoms with van der Waals surface area (Å²) in [5.74, 6) is -0.0120. The second kappa shape index (κ2) is 5.51. The fourth-order valence-corrected chi connectivity index (χ4v) is 1.21. The van der Waals surface area contributed by atoms with Gasteiger partial charge in [0, 0.05) is 6.54 Å². The van der Waals surface area contributed by atoms with Gasteiger partial charge < -0.3 is 10.1 Å². The van der Waals surface area contributed by atoms with Crippen LogP contribution in [-0.2, 0) is 0 Å². The third kappa shape index (κ3) is 3.36. The molecule has 0 amide bonds. The number of benzene rings is 1. The van der Waals surface area contributed by atoms with Gasteiger partial charge in [0.1, 0.15) is 6.61 Å². The molecule has 0 aliphatic heterocycles. The van der Waals surface area contributed by atoms with Crippen molar-refractivity contribution in [2.24, 2.45) is 0 Å². The van der Waals surface area contributed by atoms with Crippen LogP contribution in [0, 0.1) is 12.7 Å². The van der Waals surface area contributed by atoms with Gasteiger partial charge in [0.15, 0.2) is 11.6 Å². The van der Waals surface area contributed by atoms with E-state index in [9.17, 15) is 4.39 Å². The first-order valence-corrected chi connectivity index (χ1v) is 4.84. The molecular weight excluding hydrogens is 193 g/mol. The van der Waals surface area contributed by atoms with Gasteiger partial charge in [-0.15, -0.1) is 0 Å². The van der Waals surface area contributed by atoms with Gasteiger partial charge in [-0.2, -0.15) is 0 Å². The molecule has 1 N–H and O–H groups in total. The number of ether oxygens (including phenoxy) is 1. The lowest BCUT2D eigenvalue weighted by Crippen LogP contribution is -2.15. The van der Waals surface area contributed by atoms with Gasteiger partial charge in [-0.1, -0.05) is 18.7 Å². The van der Waals surface area contributed by atoms with Crippen molar-refractivity contribution in [3.8, 4) is 5.75 Å². The second-order valence-corrected chi connectivity index (χ2v) is 3.46. The van der Waals surface area contributed by atoms with Crippen molar-refractivity contribution < 1.29 is 9.13 Å². The van der Waals surface area contributed by atoms with E-state index >= 15 is 0 Å². The Hall–Kier alpha value is -1.35. The molecule has 0 aliphatic carbocycles. The minimum Gasteiger partial charge on any atom is -0.486 e. The summed E-state index contributed by atoms with van der Waals surface area (Å²) in [6.07, 6.45) is 0. The molecule has 3 heteroatoms. The van der Waals surface area contributed by atoms with Gasteiger partial charge in [-0.05, 0) is 31.2 Å². The van der Waals surface area contributed by atoms with Crippen molar-refractivity contribution >= 4 is 0 Å². The summed E-state index contributed by atoms with van der Waals surface area (Å²) in [5.41, 5.74) is 1.48. The molecular formula is C12H16FNO.